The Hall–Kier alpha value is -3.35. The maximum absolute atomic E-state index is 13.3. The lowest BCUT2D eigenvalue weighted by Gasteiger charge is -2.38. The van der Waals surface area contributed by atoms with Crippen LogP contribution in [0.1, 0.15) is 96.1 Å². The Bertz CT molecular complexity index is 3570. The second-order valence-corrected chi connectivity index (χ2v) is 83.1. The highest BCUT2D eigenvalue weighted by atomic mass is 35.9. The van der Waals surface area contributed by atoms with Crippen LogP contribution in [0.5, 0.6) is 0 Å². The van der Waals surface area contributed by atoms with Crippen molar-refractivity contribution in [2.75, 3.05) is 13.1 Å². The minimum Gasteiger partial charge on any atom is -0.445 e. The number of carbonyl (C=O) groups is 2. The van der Waals surface area contributed by atoms with E-state index >= 15 is 0 Å². The number of allylic oxidation sites excluding steroid dienone is 10. The Morgan fingerprint density at radius 2 is 0.513 bits per heavy atom. The number of hydrogen-bond acceptors (Lipinski definition) is 4. The fourth-order valence-corrected chi connectivity index (χ4v) is 46.6. The van der Waals surface area contributed by atoms with Crippen LogP contribution in [0.3, 0.4) is 0 Å². The van der Waals surface area contributed by atoms with E-state index < -0.39 is 64.5 Å². The van der Waals surface area contributed by atoms with E-state index in [4.69, 9.17) is 109 Å². The predicted octanol–water partition coefficient (Wildman–Crippen LogP) is 33.4. The fraction of sp³-hybridized carbons (Fsp3) is 0.444. The third kappa shape index (κ3) is 39.2. The zero-order chi connectivity index (χ0) is 82.4. The average Bonchev–Trinajstić information content (AvgIpc) is 0.781. The lowest BCUT2D eigenvalue weighted by atomic mass is 9.97. The van der Waals surface area contributed by atoms with Crippen molar-refractivity contribution in [2.45, 2.75) is 237 Å². The Balaban J connectivity index is 0.000000580. The highest BCUT2D eigenvalue weighted by Gasteiger charge is 2.40. The van der Waals surface area contributed by atoms with Crippen LogP contribution >= 0.6 is 99.7 Å². The number of unbranched alkanes of at least 4 members (excludes halogenated alkanes) is 2. The van der Waals surface area contributed by atoms with E-state index in [9.17, 15) is 9.59 Å². The number of hydrogen-bond donors (Lipinski definition) is 2. The van der Waals surface area contributed by atoms with Gasteiger partial charge in [0.25, 0.3) is 0 Å². The first-order chi connectivity index (χ1) is 53.6. The molecule has 622 valence electrons. The molecule has 2 amide bonds. The van der Waals surface area contributed by atoms with Crippen molar-refractivity contribution < 1.29 is 19.1 Å². The molecule has 0 bridgehead atoms. The molecule has 6 aromatic carbocycles. The summed E-state index contributed by atoms with van der Waals surface area (Å²) in [5, 5.41) is 15.0. The van der Waals surface area contributed by atoms with Crippen molar-refractivity contribution in [3.05, 3.63) is 247 Å². The number of nitrogens with one attached hydrogen (secondary N) is 2. The molecule has 0 saturated heterocycles. The molecule has 6 nitrogen and oxygen atoms in total. The second kappa shape index (κ2) is 55.5. The van der Waals surface area contributed by atoms with Crippen LogP contribution in [-0.4, -0.2) is 83.7 Å². The molecule has 0 radical (unpaired) electrons. The van der Waals surface area contributed by atoms with Gasteiger partial charge >= 0.3 is 30.2 Å². The summed E-state index contributed by atoms with van der Waals surface area (Å²) in [5.41, 5.74) is 2.06. The number of ether oxygens (including phenoxy) is 2. The third-order valence-corrected chi connectivity index (χ3v) is 56.3. The molecular weight excluding hydrogens is 1720 g/mol. The van der Waals surface area contributed by atoms with Crippen LogP contribution in [0, 0.1) is 0 Å². The Morgan fingerprint density at radius 1 is 0.310 bits per heavy atom. The molecule has 0 spiro atoms. The SMILES string of the molecule is C.C=CCC.C=CC[Si](CC=C)(CC=C)CCC[Si](CCCCNC(=O)OCc1c2ccccc2cc2ccccc12)(CCC[Si](CC=C)(CC=C)CC=C)CCC[Si](CC=C)(CC=C)CC=C.O=C(NCCCC[Si](CCC[Si](Cl)(Cl)Cl)(CCC[Si](Cl)(Cl)Cl)CCC[Si](Cl)(Cl)Cl)OCc1c2ccccc2cc2ccccc12. The van der Waals surface area contributed by atoms with Gasteiger partial charge in [-0.25, -0.2) is 9.59 Å². The molecular formula is C90H133Cl9N2O4Si8. The van der Waals surface area contributed by atoms with Gasteiger partial charge in [-0.1, -0.05) is 290 Å². The van der Waals surface area contributed by atoms with Crippen molar-refractivity contribution in [1.82, 2.24) is 10.6 Å². The molecule has 113 heavy (non-hydrogen) atoms. The zero-order valence-electron chi connectivity index (χ0n) is 67.1. The van der Waals surface area contributed by atoms with Gasteiger partial charge in [0, 0.05) is 24.2 Å². The summed E-state index contributed by atoms with van der Waals surface area (Å²) in [7, 11) is -8.63. The van der Waals surface area contributed by atoms with Crippen molar-refractivity contribution >= 4 is 213 Å². The van der Waals surface area contributed by atoms with E-state index in [-0.39, 0.29) is 26.7 Å². The highest BCUT2D eigenvalue weighted by molar-refractivity contribution is 7.65. The normalized spacial score (nSPS) is 12.1. The number of carbonyl (C=O) groups excluding carboxylic acids is 2. The molecule has 6 aromatic rings. The smallest absolute Gasteiger partial charge is 0.407 e. The van der Waals surface area contributed by atoms with Gasteiger partial charge in [-0.15, -0.1) is 166 Å². The molecule has 23 heteroatoms. The zero-order valence-corrected chi connectivity index (χ0v) is 81.9. The van der Waals surface area contributed by atoms with Crippen molar-refractivity contribution in [3.8, 4) is 0 Å². The van der Waals surface area contributed by atoms with Crippen LogP contribution in [0.2, 0.25) is 139 Å². The summed E-state index contributed by atoms with van der Waals surface area (Å²) in [4.78, 5) is 26.0. The maximum Gasteiger partial charge on any atom is 0.407 e. The number of halogens is 9. The molecule has 0 aliphatic carbocycles. The highest BCUT2D eigenvalue weighted by Crippen LogP contribution is 2.44. The van der Waals surface area contributed by atoms with Crippen molar-refractivity contribution in [2.24, 2.45) is 0 Å². The molecule has 2 N–H and O–H groups in total. The molecule has 0 aliphatic heterocycles. The summed E-state index contributed by atoms with van der Waals surface area (Å²) in [6.07, 6.45) is 31.9. The largest absolute Gasteiger partial charge is 0.445 e. The summed E-state index contributed by atoms with van der Waals surface area (Å²) in [6.45, 7) is 45.0. The number of amides is 2. The predicted molar refractivity (Wildman–Crippen MR) is 534 cm³/mol. The second-order valence-electron chi connectivity index (χ2n) is 31.1. The van der Waals surface area contributed by atoms with Gasteiger partial charge in [0.15, 0.2) is 0 Å². The third-order valence-electron chi connectivity index (χ3n) is 22.5. The standard InChI is InChI=1S/C56H83NO2Si4.C29H38Cl9NO2Si4.C4H8.CH4/c1-10-33-60(34-11-2,35-12-3)43-25-46-63(47-26-44-61(36-13-4,37-14-5)38-15-6,48-27-45-62(39-16-7,40-17-8)41-18-9)42-24-23-32-57-56(58)59-50-55-53-30-21-19-28-51(53)49-52-29-20-22-31-54(52)55;30-43(31,32)19-7-16-42(17-8-20-44(33,34)35,18-9-21-45(36,37)38)15-6-5-14-39-29(40)41-23-28-26-12-3-1-10-24(26)22-25-11-2-4-13-27(25)28;1-3-4-2;/h10-22,28-31,49H,1-9,23-27,32-48,50H2,(H,57,58);1-4,10-13,22H,5-9,14-21,23H2,(H,39,40);3H,1,4H2,2H3;1H4. The van der Waals surface area contributed by atoms with Gasteiger partial charge in [0.05, 0.1) is 40.4 Å². The van der Waals surface area contributed by atoms with E-state index in [1.807, 2.05) is 30.3 Å². The number of rotatable bonds is 57. The lowest BCUT2D eigenvalue weighted by molar-refractivity contribution is 0.139. The van der Waals surface area contributed by atoms with Crippen LogP contribution in [0.15, 0.2) is 236 Å². The Kier molecular flexibility index (Phi) is 51.0. The molecule has 0 atom stereocenters. The summed E-state index contributed by atoms with van der Waals surface area (Å²) in [6, 6.07) is 54.5. The summed E-state index contributed by atoms with van der Waals surface area (Å²) in [5.74, 6) is 0. The molecule has 0 fully saturated rings. The van der Waals surface area contributed by atoms with E-state index in [1.165, 1.54) is 61.6 Å². The lowest BCUT2D eigenvalue weighted by Crippen LogP contribution is -2.39. The first-order valence-electron chi connectivity index (χ1n) is 40.5. The van der Waals surface area contributed by atoms with Gasteiger partial charge in [-0.2, -0.15) is 0 Å². The van der Waals surface area contributed by atoms with Gasteiger partial charge < -0.3 is 20.1 Å². The van der Waals surface area contributed by atoms with E-state index in [1.54, 1.807) is 0 Å². The molecule has 6 rings (SSSR count). The average molecular weight is 1850 g/mol. The maximum atomic E-state index is 13.3. The fourth-order valence-electron chi connectivity index (χ4n) is 17.0. The Morgan fingerprint density at radius 3 is 0.726 bits per heavy atom. The Labute approximate surface area is 733 Å². The molecule has 0 saturated carbocycles. The molecule has 0 heterocycles. The van der Waals surface area contributed by atoms with Crippen LogP contribution in [0.4, 0.5) is 9.59 Å². The van der Waals surface area contributed by atoms with E-state index in [2.05, 4.69) is 223 Å². The first-order valence-corrected chi connectivity index (χ1v) is 70.3. The van der Waals surface area contributed by atoms with Gasteiger partial charge in [0.2, 0.25) is 0 Å². The molecule has 0 unspecified atom stereocenters. The van der Waals surface area contributed by atoms with Crippen LogP contribution in [0.25, 0.3) is 43.1 Å². The quantitative estimate of drug-likeness (QED) is 0.0131. The number of benzene rings is 6. The topological polar surface area (TPSA) is 76.7 Å². The van der Waals surface area contributed by atoms with Crippen LogP contribution < -0.4 is 10.6 Å². The summed E-state index contributed by atoms with van der Waals surface area (Å²) < 4.78 is 11.6. The van der Waals surface area contributed by atoms with Gasteiger partial charge in [-0.05, 0) is 147 Å². The van der Waals surface area contributed by atoms with Gasteiger partial charge in [0.1, 0.15) is 13.2 Å². The summed E-state index contributed by atoms with van der Waals surface area (Å²) >= 11 is 56.0. The van der Waals surface area contributed by atoms with Gasteiger partial charge in [-0.3, -0.25) is 0 Å². The minimum atomic E-state index is -2.73. The minimum absolute atomic E-state index is 0. The number of alkyl carbamates (subject to hydrolysis) is 2. The van der Waals surface area contributed by atoms with E-state index in [0.29, 0.717) is 31.2 Å². The molecule has 0 aromatic heterocycles. The van der Waals surface area contributed by atoms with Crippen molar-refractivity contribution in [3.63, 3.8) is 0 Å². The molecule has 0 aliphatic rings. The van der Waals surface area contributed by atoms with Crippen molar-refractivity contribution in [1.29, 1.82) is 0 Å². The van der Waals surface area contributed by atoms with Crippen LogP contribution in [-0.2, 0) is 22.7 Å². The van der Waals surface area contributed by atoms with E-state index in [0.717, 1.165) is 184 Å². The number of fused-ring (bicyclic) bond motifs is 4. The monoisotopic (exact) mass is 1840 g/mol. The first kappa shape index (κ1) is 104.